The lowest BCUT2D eigenvalue weighted by atomic mass is 10.2. The van der Waals surface area contributed by atoms with E-state index in [-0.39, 0.29) is 0 Å². The highest BCUT2D eigenvalue weighted by Gasteiger charge is 2.18. The van der Waals surface area contributed by atoms with Gasteiger partial charge in [0.25, 0.3) is 5.91 Å². The SMILES string of the molecule is COc1ccc(OC(C)C(=O)OCC(=O)Nc2cccc3ncccc23)cc1. The van der Waals surface area contributed by atoms with Crippen LogP contribution in [0.1, 0.15) is 6.92 Å². The number of benzene rings is 2. The second-order valence-electron chi connectivity index (χ2n) is 5.97. The molecule has 0 saturated carbocycles. The van der Waals surface area contributed by atoms with Gasteiger partial charge < -0.3 is 19.5 Å². The Hall–Kier alpha value is -3.61. The summed E-state index contributed by atoms with van der Waals surface area (Å²) in [6.45, 7) is 1.15. The van der Waals surface area contributed by atoms with Gasteiger partial charge in [-0.3, -0.25) is 9.78 Å². The predicted molar refractivity (Wildman–Crippen MR) is 104 cm³/mol. The van der Waals surface area contributed by atoms with Gasteiger partial charge in [0.15, 0.2) is 12.7 Å². The number of rotatable bonds is 7. The first-order valence-electron chi connectivity index (χ1n) is 8.68. The lowest BCUT2D eigenvalue weighted by molar-refractivity contribution is -0.153. The Balaban J connectivity index is 1.52. The number of esters is 1. The number of hydrogen-bond donors (Lipinski definition) is 1. The van der Waals surface area contributed by atoms with Crippen LogP contribution in [-0.4, -0.2) is 36.7 Å². The summed E-state index contributed by atoms with van der Waals surface area (Å²) < 4.78 is 15.6. The van der Waals surface area contributed by atoms with Crippen LogP contribution >= 0.6 is 0 Å². The van der Waals surface area contributed by atoms with Crippen molar-refractivity contribution in [3.63, 3.8) is 0 Å². The average Bonchev–Trinajstić information content (AvgIpc) is 2.73. The maximum atomic E-state index is 12.1. The minimum absolute atomic E-state index is 0.411. The molecule has 0 aliphatic rings. The van der Waals surface area contributed by atoms with Crippen molar-refractivity contribution < 1.29 is 23.8 Å². The number of pyridine rings is 1. The predicted octanol–water partition coefficient (Wildman–Crippen LogP) is 3.19. The van der Waals surface area contributed by atoms with Crippen molar-refractivity contribution in [2.24, 2.45) is 0 Å². The molecule has 1 heterocycles. The largest absolute Gasteiger partial charge is 0.497 e. The third-order valence-electron chi connectivity index (χ3n) is 3.97. The molecule has 1 atom stereocenters. The van der Waals surface area contributed by atoms with Crippen LogP contribution in [0.15, 0.2) is 60.8 Å². The van der Waals surface area contributed by atoms with Gasteiger partial charge in [-0.2, -0.15) is 0 Å². The maximum absolute atomic E-state index is 12.1. The molecule has 1 unspecified atom stereocenters. The molecule has 7 nitrogen and oxygen atoms in total. The van der Waals surface area contributed by atoms with Gasteiger partial charge in [-0.15, -0.1) is 0 Å². The molecule has 0 radical (unpaired) electrons. The fourth-order valence-corrected chi connectivity index (χ4v) is 2.56. The number of fused-ring (bicyclic) bond motifs is 1. The molecule has 1 aromatic heterocycles. The number of aromatic nitrogens is 1. The van der Waals surface area contributed by atoms with Crippen molar-refractivity contribution in [1.29, 1.82) is 0 Å². The van der Waals surface area contributed by atoms with Crippen LogP contribution in [0.2, 0.25) is 0 Å². The van der Waals surface area contributed by atoms with Crippen LogP contribution in [0.25, 0.3) is 10.9 Å². The molecule has 3 aromatic rings. The Morgan fingerprint density at radius 2 is 1.79 bits per heavy atom. The molecular formula is C21H20N2O5. The van der Waals surface area contributed by atoms with E-state index in [0.29, 0.717) is 17.2 Å². The van der Waals surface area contributed by atoms with Crippen LogP contribution in [-0.2, 0) is 14.3 Å². The Morgan fingerprint density at radius 1 is 1.04 bits per heavy atom. The molecular weight excluding hydrogens is 360 g/mol. The molecule has 1 amide bonds. The number of amides is 1. The Labute approximate surface area is 162 Å². The fraction of sp³-hybridized carbons (Fsp3) is 0.190. The van der Waals surface area contributed by atoms with Crippen LogP contribution in [0.5, 0.6) is 11.5 Å². The lowest BCUT2D eigenvalue weighted by Crippen LogP contribution is -2.29. The Kier molecular flexibility index (Phi) is 6.06. The van der Waals surface area contributed by atoms with Crippen molar-refractivity contribution in [2.45, 2.75) is 13.0 Å². The number of carbonyl (C=O) groups excluding carboxylic acids is 2. The first-order valence-corrected chi connectivity index (χ1v) is 8.68. The molecule has 7 heteroatoms. The Morgan fingerprint density at radius 3 is 2.54 bits per heavy atom. The van der Waals surface area contributed by atoms with Gasteiger partial charge in [0.2, 0.25) is 0 Å². The first-order chi connectivity index (χ1) is 13.6. The van der Waals surface area contributed by atoms with Gasteiger partial charge >= 0.3 is 5.97 Å². The summed E-state index contributed by atoms with van der Waals surface area (Å²) in [6.07, 6.45) is 0.822. The van der Waals surface area contributed by atoms with E-state index < -0.39 is 24.6 Å². The number of anilines is 1. The smallest absolute Gasteiger partial charge is 0.347 e. The number of methoxy groups -OCH3 is 1. The summed E-state index contributed by atoms with van der Waals surface area (Å²) in [5.41, 5.74) is 1.37. The zero-order chi connectivity index (χ0) is 19.9. The van der Waals surface area contributed by atoms with Gasteiger partial charge in [0.05, 0.1) is 18.3 Å². The van der Waals surface area contributed by atoms with Crippen molar-refractivity contribution in [1.82, 2.24) is 4.98 Å². The molecule has 0 aliphatic carbocycles. The van der Waals surface area contributed by atoms with E-state index in [2.05, 4.69) is 10.3 Å². The zero-order valence-electron chi connectivity index (χ0n) is 15.5. The summed E-state index contributed by atoms with van der Waals surface area (Å²) in [5, 5.41) is 3.54. The van der Waals surface area contributed by atoms with Crippen LogP contribution in [0.3, 0.4) is 0 Å². The highest BCUT2D eigenvalue weighted by molar-refractivity contribution is 6.01. The second-order valence-corrected chi connectivity index (χ2v) is 5.97. The molecule has 0 fully saturated rings. The van der Waals surface area contributed by atoms with Crippen molar-refractivity contribution >= 4 is 28.5 Å². The average molecular weight is 380 g/mol. The number of ether oxygens (including phenoxy) is 3. The number of carbonyl (C=O) groups is 2. The van der Waals surface area contributed by atoms with Gasteiger partial charge in [-0.05, 0) is 55.5 Å². The summed E-state index contributed by atoms with van der Waals surface area (Å²) in [7, 11) is 1.57. The zero-order valence-corrected chi connectivity index (χ0v) is 15.5. The summed E-state index contributed by atoms with van der Waals surface area (Å²) in [5.74, 6) is 0.104. The van der Waals surface area contributed by atoms with E-state index in [1.807, 2.05) is 12.1 Å². The molecule has 0 saturated heterocycles. The van der Waals surface area contributed by atoms with Crippen LogP contribution in [0.4, 0.5) is 5.69 Å². The van der Waals surface area contributed by atoms with Crippen molar-refractivity contribution in [3.8, 4) is 11.5 Å². The third-order valence-corrected chi connectivity index (χ3v) is 3.97. The number of hydrogen-bond acceptors (Lipinski definition) is 6. The molecule has 0 bridgehead atoms. The van der Waals surface area contributed by atoms with Gasteiger partial charge in [0.1, 0.15) is 11.5 Å². The Bertz CT molecular complexity index is 967. The molecule has 0 aliphatic heterocycles. The standard InChI is InChI=1S/C21H20N2O5/c1-14(28-16-10-8-15(26-2)9-11-16)21(25)27-13-20(24)23-19-7-3-6-18-17(19)5-4-12-22-18/h3-12,14H,13H2,1-2H3,(H,23,24). The van der Waals surface area contributed by atoms with E-state index in [1.54, 1.807) is 62.7 Å². The monoisotopic (exact) mass is 380 g/mol. The van der Waals surface area contributed by atoms with Crippen molar-refractivity contribution in [2.75, 3.05) is 19.0 Å². The van der Waals surface area contributed by atoms with Gasteiger partial charge in [0, 0.05) is 11.6 Å². The maximum Gasteiger partial charge on any atom is 0.347 e. The molecule has 28 heavy (non-hydrogen) atoms. The highest BCUT2D eigenvalue weighted by Crippen LogP contribution is 2.21. The normalized spacial score (nSPS) is 11.5. The van der Waals surface area contributed by atoms with Gasteiger partial charge in [-0.1, -0.05) is 6.07 Å². The third kappa shape index (κ3) is 4.76. The van der Waals surface area contributed by atoms with Gasteiger partial charge in [-0.25, -0.2) is 4.79 Å². The van der Waals surface area contributed by atoms with E-state index in [4.69, 9.17) is 14.2 Å². The van der Waals surface area contributed by atoms with E-state index in [9.17, 15) is 9.59 Å². The van der Waals surface area contributed by atoms with Crippen molar-refractivity contribution in [3.05, 3.63) is 60.8 Å². The highest BCUT2D eigenvalue weighted by atomic mass is 16.6. The quantitative estimate of drug-likeness (QED) is 0.634. The summed E-state index contributed by atoms with van der Waals surface area (Å²) >= 11 is 0. The molecule has 144 valence electrons. The van der Waals surface area contributed by atoms with E-state index in [0.717, 1.165) is 10.9 Å². The number of nitrogens with zero attached hydrogens (tertiary/aromatic N) is 1. The molecule has 2 aromatic carbocycles. The number of nitrogens with one attached hydrogen (secondary N) is 1. The van der Waals surface area contributed by atoms with Crippen LogP contribution in [0, 0.1) is 0 Å². The lowest BCUT2D eigenvalue weighted by Gasteiger charge is -2.14. The fourth-order valence-electron chi connectivity index (χ4n) is 2.56. The summed E-state index contributed by atoms with van der Waals surface area (Å²) in [4.78, 5) is 28.5. The minimum atomic E-state index is -0.858. The molecule has 0 spiro atoms. The van der Waals surface area contributed by atoms with Crippen LogP contribution < -0.4 is 14.8 Å². The second kappa shape index (κ2) is 8.85. The van der Waals surface area contributed by atoms with E-state index in [1.165, 1.54) is 0 Å². The molecule has 3 rings (SSSR count). The topological polar surface area (TPSA) is 86.8 Å². The van der Waals surface area contributed by atoms with E-state index >= 15 is 0 Å². The summed E-state index contributed by atoms with van der Waals surface area (Å²) in [6, 6.07) is 15.9. The minimum Gasteiger partial charge on any atom is -0.497 e. The molecule has 1 N–H and O–H groups in total. The first kappa shape index (κ1) is 19.2.